The maximum atomic E-state index is 13.1. The van der Waals surface area contributed by atoms with Gasteiger partial charge in [-0.25, -0.2) is 14.4 Å². The summed E-state index contributed by atoms with van der Waals surface area (Å²) in [7, 11) is 1.96. The summed E-state index contributed by atoms with van der Waals surface area (Å²) in [5, 5.41) is 0. The molecule has 1 aromatic heterocycles. The van der Waals surface area contributed by atoms with Crippen LogP contribution in [0.1, 0.15) is 18.4 Å². The number of aliphatic imine (C=N–C) groups is 1. The van der Waals surface area contributed by atoms with Crippen molar-refractivity contribution in [2.75, 3.05) is 7.05 Å². The molecule has 0 amide bonds. The van der Waals surface area contributed by atoms with Gasteiger partial charge in [-0.05, 0) is 30.5 Å². The Bertz CT molecular complexity index is 698. The number of rotatable bonds is 5. The van der Waals surface area contributed by atoms with E-state index in [2.05, 4.69) is 9.98 Å². The number of ether oxygens (including phenoxy) is 1. The highest BCUT2D eigenvalue weighted by Gasteiger charge is 2.27. The molecule has 0 saturated heterocycles. The normalized spacial score (nSPS) is 14.6. The fourth-order valence-corrected chi connectivity index (χ4v) is 2.15. The molecular weight excluding hydrogens is 295 g/mol. The Morgan fingerprint density at radius 3 is 2.87 bits per heavy atom. The highest BCUT2D eigenvalue weighted by atomic mass is 19.1. The van der Waals surface area contributed by atoms with Gasteiger partial charge >= 0.3 is 0 Å². The summed E-state index contributed by atoms with van der Waals surface area (Å²) in [5.74, 6) is 1.03. The predicted octanol–water partition coefficient (Wildman–Crippen LogP) is 2.92. The molecule has 1 saturated carbocycles. The van der Waals surface area contributed by atoms with Crippen LogP contribution in [0.5, 0.6) is 11.6 Å². The Kier molecular flexibility index (Phi) is 4.41. The molecule has 0 radical (unpaired) electrons. The van der Waals surface area contributed by atoms with Crippen LogP contribution in [0.15, 0.2) is 47.6 Å². The lowest BCUT2D eigenvalue weighted by atomic mass is 10.3. The van der Waals surface area contributed by atoms with Crippen molar-refractivity contribution in [3.63, 3.8) is 0 Å². The maximum absolute atomic E-state index is 13.1. The SMILES string of the molecule is CN(C(N)=NCc1ccc(Oc2cccc(F)c2)nc1)C1CC1. The maximum Gasteiger partial charge on any atom is 0.219 e. The van der Waals surface area contributed by atoms with Crippen LogP contribution in [0, 0.1) is 5.82 Å². The van der Waals surface area contributed by atoms with Gasteiger partial charge in [-0.3, -0.25) is 0 Å². The number of nitrogens with zero attached hydrogens (tertiary/aromatic N) is 3. The zero-order valence-electron chi connectivity index (χ0n) is 12.9. The van der Waals surface area contributed by atoms with E-state index < -0.39 is 0 Å². The van der Waals surface area contributed by atoms with Crippen molar-refractivity contribution < 1.29 is 9.13 Å². The van der Waals surface area contributed by atoms with E-state index in [0.29, 0.717) is 30.2 Å². The molecule has 2 aromatic rings. The van der Waals surface area contributed by atoms with Crippen LogP contribution in [0.3, 0.4) is 0 Å². The summed E-state index contributed by atoms with van der Waals surface area (Å²) in [6.45, 7) is 0.468. The van der Waals surface area contributed by atoms with Crippen molar-refractivity contribution in [1.29, 1.82) is 0 Å². The average Bonchev–Trinajstić information content (AvgIpc) is 3.38. The molecule has 6 heteroatoms. The van der Waals surface area contributed by atoms with Crippen molar-refractivity contribution in [2.45, 2.75) is 25.4 Å². The number of pyridine rings is 1. The molecule has 0 unspecified atom stereocenters. The molecule has 1 aliphatic carbocycles. The smallest absolute Gasteiger partial charge is 0.219 e. The van der Waals surface area contributed by atoms with Crippen LogP contribution in [0.2, 0.25) is 0 Å². The van der Waals surface area contributed by atoms with Gasteiger partial charge in [0.15, 0.2) is 5.96 Å². The summed E-state index contributed by atoms with van der Waals surface area (Å²) < 4.78 is 18.6. The molecule has 2 N–H and O–H groups in total. The standard InChI is InChI=1S/C17H19FN4O/c1-22(14-6-7-14)17(19)21-11-12-5-8-16(20-10-12)23-15-4-2-3-13(18)9-15/h2-5,8-10,14H,6-7,11H2,1H3,(H2,19,21). The lowest BCUT2D eigenvalue weighted by Gasteiger charge is -2.16. The first-order chi connectivity index (χ1) is 11.1. The van der Waals surface area contributed by atoms with E-state index in [1.54, 1.807) is 24.4 Å². The monoisotopic (exact) mass is 314 g/mol. The van der Waals surface area contributed by atoms with E-state index in [1.165, 1.54) is 25.0 Å². The summed E-state index contributed by atoms with van der Waals surface area (Å²) in [4.78, 5) is 10.6. The second-order valence-corrected chi connectivity index (χ2v) is 5.58. The van der Waals surface area contributed by atoms with Crippen molar-refractivity contribution in [2.24, 2.45) is 10.7 Å². The van der Waals surface area contributed by atoms with Crippen LogP contribution in [-0.2, 0) is 6.54 Å². The Labute approximate surface area is 134 Å². The van der Waals surface area contributed by atoms with Gasteiger partial charge in [0.25, 0.3) is 0 Å². The third-order valence-electron chi connectivity index (χ3n) is 3.70. The minimum Gasteiger partial charge on any atom is -0.439 e. The van der Waals surface area contributed by atoms with Gasteiger partial charge in [0.05, 0.1) is 6.54 Å². The first-order valence-corrected chi connectivity index (χ1v) is 7.53. The van der Waals surface area contributed by atoms with Gasteiger partial charge in [0.2, 0.25) is 5.88 Å². The number of hydrogen-bond acceptors (Lipinski definition) is 3. The van der Waals surface area contributed by atoms with E-state index in [4.69, 9.17) is 10.5 Å². The number of aromatic nitrogens is 1. The minimum atomic E-state index is -0.344. The van der Waals surface area contributed by atoms with E-state index in [-0.39, 0.29) is 5.82 Å². The average molecular weight is 314 g/mol. The van der Waals surface area contributed by atoms with Crippen molar-refractivity contribution in [3.8, 4) is 11.6 Å². The topological polar surface area (TPSA) is 63.7 Å². The van der Waals surface area contributed by atoms with Crippen LogP contribution in [0.4, 0.5) is 4.39 Å². The summed E-state index contributed by atoms with van der Waals surface area (Å²) in [6, 6.07) is 10.1. The highest BCUT2D eigenvalue weighted by Crippen LogP contribution is 2.25. The molecule has 120 valence electrons. The first-order valence-electron chi connectivity index (χ1n) is 7.53. The fourth-order valence-electron chi connectivity index (χ4n) is 2.15. The molecule has 1 aromatic carbocycles. The molecule has 1 heterocycles. The third-order valence-corrected chi connectivity index (χ3v) is 3.70. The van der Waals surface area contributed by atoms with Crippen molar-refractivity contribution in [1.82, 2.24) is 9.88 Å². The molecule has 1 fully saturated rings. The van der Waals surface area contributed by atoms with Crippen molar-refractivity contribution >= 4 is 5.96 Å². The number of nitrogens with two attached hydrogens (primary N) is 1. The van der Waals surface area contributed by atoms with Gasteiger partial charge in [-0.15, -0.1) is 0 Å². The lowest BCUT2D eigenvalue weighted by molar-refractivity contribution is 0.457. The lowest BCUT2D eigenvalue weighted by Crippen LogP contribution is -2.35. The van der Waals surface area contributed by atoms with Crippen LogP contribution < -0.4 is 10.5 Å². The quantitative estimate of drug-likeness (QED) is 0.681. The Hall–Kier alpha value is -2.63. The van der Waals surface area contributed by atoms with E-state index in [1.807, 2.05) is 18.0 Å². The molecule has 1 aliphatic rings. The number of benzene rings is 1. The summed E-state index contributed by atoms with van der Waals surface area (Å²) in [5.41, 5.74) is 6.88. The van der Waals surface area contributed by atoms with Crippen LogP contribution in [-0.4, -0.2) is 28.9 Å². The van der Waals surface area contributed by atoms with Crippen LogP contribution >= 0.6 is 0 Å². The number of hydrogen-bond donors (Lipinski definition) is 1. The third kappa shape index (κ3) is 4.18. The Balaban J connectivity index is 1.59. The Morgan fingerprint density at radius 2 is 2.22 bits per heavy atom. The predicted molar refractivity (Wildman–Crippen MR) is 86.8 cm³/mol. The second kappa shape index (κ2) is 6.64. The zero-order valence-corrected chi connectivity index (χ0v) is 12.9. The summed E-state index contributed by atoms with van der Waals surface area (Å²) >= 11 is 0. The van der Waals surface area contributed by atoms with Crippen LogP contribution in [0.25, 0.3) is 0 Å². The zero-order chi connectivity index (χ0) is 16.2. The van der Waals surface area contributed by atoms with Gasteiger partial charge in [0, 0.05) is 31.4 Å². The van der Waals surface area contributed by atoms with Gasteiger partial charge in [-0.2, -0.15) is 0 Å². The van der Waals surface area contributed by atoms with E-state index in [0.717, 1.165) is 5.56 Å². The number of halogens is 1. The molecular formula is C17H19FN4O. The van der Waals surface area contributed by atoms with Gasteiger partial charge in [-0.1, -0.05) is 12.1 Å². The molecule has 0 bridgehead atoms. The molecule has 5 nitrogen and oxygen atoms in total. The minimum absolute atomic E-state index is 0.344. The van der Waals surface area contributed by atoms with Gasteiger partial charge in [0.1, 0.15) is 11.6 Å². The molecule has 23 heavy (non-hydrogen) atoms. The number of guanidine groups is 1. The Morgan fingerprint density at radius 1 is 1.39 bits per heavy atom. The van der Waals surface area contributed by atoms with E-state index >= 15 is 0 Å². The fraction of sp³-hybridized carbons (Fsp3) is 0.294. The van der Waals surface area contributed by atoms with E-state index in [9.17, 15) is 4.39 Å². The highest BCUT2D eigenvalue weighted by molar-refractivity contribution is 5.78. The van der Waals surface area contributed by atoms with Crippen molar-refractivity contribution in [3.05, 3.63) is 54.0 Å². The molecule has 3 rings (SSSR count). The largest absolute Gasteiger partial charge is 0.439 e. The first kappa shape index (κ1) is 15.3. The molecule has 0 spiro atoms. The van der Waals surface area contributed by atoms with Gasteiger partial charge < -0.3 is 15.4 Å². The molecule has 0 aliphatic heterocycles. The molecule has 0 atom stereocenters. The summed E-state index contributed by atoms with van der Waals surface area (Å²) in [6.07, 6.45) is 4.04. The second-order valence-electron chi connectivity index (χ2n) is 5.58.